The van der Waals surface area contributed by atoms with Crippen LogP contribution in [0.1, 0.15) is 5.56 Å². The minimum absolute atomic E-state index is 0.195. The maximum Gasteiger partial charge on any atom is 0.416 e. The predicted octanol–water partition coefficient (Wildman–Crippen LogP) is 3.82. The third-order valence-electron chi connectivity index (χ3n) is 2.12. The molecule has 0 fully saturated rings. The molecule has 17 heavy (non-hydrogen) atoms. The van der Waals surface area contributed by atoms with Crippen LogP contribution in [0.3, 0.4) is 0 Å². The van der Waals surface area contributed by atoms with Crippen molar-refractivity contribution in [3.05, 3.63) is 47.1 Å². The van der Waals surface area contributed by atoms with E-state index in [1.807, 2.05) is 0 Å². The Morgan fingerprint density at radius 1 is 1.00 bits per heavy atom. The zero-order valence-electron chi connectivity index (χ0n) is 8.37. The van der Waals surface area contributed by atoms with Gasteiger partial charge in [0.05, 0.1) is 11.3 Å². The molecule has 2 rings (SSSR count). The van der Waals surface area contributed by atoms with E-state index in [2.05, 4.69) is 10.2 Å². The van der Waals surface area contributed by atoms with Crippen LogP contribution in [-0.4, -0.2) is 10.2 Å². The molecule has 2 nitrogen and oxygen atoms in total. The van der Waals surface area contributed by atoms with Crippen LogP contribution in [0.15, 0.2) is 36.4 Å². The number of benzene rings is 1. The summed E-state index contributed by atoms with van der Waals surface area (Å²) in [6.45, 7) is 0. The molecule has 0 aliphatic rings. The van der Waals surface area contributed by atoms with Gasteiger partial charge in [0.15, 0.2) is 5.15 Å². The molecule has 2 aromatic rings. The summed E-state index contributed by atoms with van der Waals surface area (Å²) in [5.74, 6) is 0. The van der Waals surface area contributed by atoms with Crippen LogP contribution in [0.4, 0.5) is 13.2 Å². The summed E-state index contributed by atoms with van der Waals surface area (Å²) >= 11 is 5.55. The molecule has 1 heterocycles. The summed E-state index contributed by atoms with van der Waals surface area (Å²) in [6, 6.07) is 7.89. The standard InChI is InChI=1S/C11H6ClF3N2/c12-10-5-4-9(16-17-10)7-2-1-3-8(6-7)11(13,14)15/h1-6H. The predicted molar refractivity (Wildman–Crippen MR) is 57.5 cm³/mol. The average molecular weight is 259 g/mol. The molecule has 0 saturated heterocycles. The second kappa shape index (κ2) is 4.33. The van der Waals surface area contributed by atoms with Crippen LogP contribution in [0, 0.1) is 0 Å². The highest BCUT2D eigenvalue weighted by molar-refractivity contribution is 6.29. The quantitative estimate of drug-likeness (QED) is 0.777. The highest BCUT2D eigenvalue weighted by Crippen LogP contribution is 2.31. The van der Waals surface area contributed by atoms with Crippen molar-refractivity contribution in [2.24, 2.45) is 0 Å². The van der Waals surface area contributed by atoms with Crippen molar-refractivity contribution in [1.82, 2.24) is 10.2 Å². The third kappa shape index (κ3) is 2.74. The Hall–Kier alpha value is -1.62. The lowest BCUT2D eigenvalue weighted by Crippen LogP contribution is -2.04. The lowest BCUT2D eigenvalue weighted by atomic mass is 10.1. The largest absolute Gasteiger partial charge is 0.416 e. The molecule has 0 spiro atoms. The van der Waals surface area contributed by atoms with Gasteiger partial charge >= 0.3 is 6.18 Å². The molecule has 0 aliphatic heterocycles. The average Bonchev–Trinajstić information content (AvgIpc) is 2.29. The number of nitrogens with zero attached hydrogens (tertiary/aromatic N) is 2. The van der Waals surface area contributed by atoms with E-state index in [1.54, 1.807) is 0 Å². The molecule has 0 atom stereocenters. The van der Waals surface area contributed by atoms with Gasteiger partial charge in [-0.1, -0.05) is 23.7 Å². The van der Waals surface area contributed by atoms with Gasteiger partial charge in [0.2, 0.25) is 0 Å². The fourth-order valence-corrected chi connectivity index (χ4v) is 1.43. The molecule has 88 valence electrons. The summed E-state index contributed by atoms with van der Waals surface area (Å²) < 4.78 is 37.5. The first-order valence-corrected chi connectivity index (χ1v) is 5.01. The SMILES string of the molecule is FC(F)(F)c1cccc(-c2ccc(Cl)nn2)c1. The van der Waals surface area contributed by atoms with E-state index in [0.717, 1.165) is 12.1 Å². The number of hydrogen-bond donors (Lipinski definition) is 0. The number of alkyl halides is 3. The normalized spacial score (nSPS) is 11.5. The topological polar surface area (TPSA) is 25.8 Å². The highest BCUT2D eigenvalue weighted by Gasteiger charge is 2.30. The van der Waals surface area contributed by atoms with E-state index in [0.29, 0.717) is 11.3 Å². The van der Waals surface area contributed by atoms with E-state index in [1.165, 1.54) is 24.3 Å². The fourth-order valence-electron chi connectivity index (χ4n) is 1.32. The lowest BCUT2D eigenvalue weighted by Gasteiger charge is -2.07. The first kappa shape index (κ1) is 11.9. The molecule has 1 aromatic carbocycles. The number of halogens is 4. The van der Waals surface area contributed by atoms with Gasteiger partial charge in [-0.25, -0.2) is 0 Å². The van der Waals surface area contributed by atoms with Crippen LogP contribution < -0.4 is 0 Å². The van der Waals surface area contributed by atoms with Crippen LogP contribution in [0.5, 0.6) is 0 Å². The number of hydrogen-bond acceptors (Lipinski definition) is 2. The third-order valence-corrected chi connectivity index (χ3v) is 2.32. The van der Waals surface area contributed by atoms with Crippen molar-refractivity contribution in [2.75, 3.05) is 0 Å². The van der Waals surface area contributed by atoms with Gasteiger partial charge in [-0.15, -0.1) is 10.2 Å². The van der Waals surface area contributed by atoms with Crippen molar-refractivity contribution in [2.45, 2.75) is 6.18 Å². The van der Waals surface area contributed by atoms with Crippen molar-refractivity contribution in [1.29, 1.82) is 0 Å². The van der Waals surface area contributed by atoms with Crippen LogP contribution in [0.25, 0.3) is 11.3 Å². The van der Waals surface area contributed by atoms with E-state index < -0.39 is 11.7 Å². The van der Waals surface area contributed by atoms with Crippen LogP contribution in [-0.2, 0) is 6.18 Å². The second-order valence-electron chi connectivity index (χ2n) is 3.32. The Kier molecular flexibility index (Phi) is 3.02. The van der Waals surface area contributed by atoms with E-state index in [-0.39, 0.29) is 5.15 Å². The number of rotatable bonds is 1. The Labute approximate surface area is 100 Å². The van der Waals surface area contributed by atoms with Crippen molar-refractivity contribution in [3.8, 4) is 11.3 Å². The molecule has 6 heteroatoms. The summed E-state index contributed by atoms with van der Waals surface area (Å²) in [5, 5.41) is 7.50. The molecular weight excluding hydrogens is 253 g/mol. The van der Waals surface area contributed by atoms with Gasteiger partial charge < -0.3 is 0 Å². The summed E-state index contributed by atoms with van der Waals surface area (Å²) in [7, 11) is 0. The number of aromatic nitrogens is 2. The lowest BCUT2D eigenvalue weighted by molar-refractivity contribution is -0.137. The Bertz CT molecular complexity index is 523. The first-order chi connectivity index (χ1) is 7.97. The molecule has 1 aromatic heterocycles. The maximum atomic E-state index is 12.5. The van der Waals surface area contributed by atoms with E-state index in [4.69, 9.17) is 11.6 Å². The molecule has 0 bridgehead atoms. The van der Waals surface area contributed by atoms with Crippen molar-refractivity contribution >= 4 is 11.6 Å². The first-order valence-electron chi connectivity index (χ1n) is 4.64. The van der Waals surface area contributed by atoms with Crippen molar-refractivity contribution in [3.63, 3.8) is 0 Å². The van der Waals surface area contributed by atoms with Gasteiger partial charge in [-0.3, -0.25) is 0 Å². The molecule has 0 aliphatic carbocycles. The van der Waals surface area contributed by atoms with E-state index in [9.17, 15) is 13.2 Å². The van der Waals surface area contributed by atoms with Crippen LogP contribution in [0.2, 0.25) is 5.15 Å². The van der Waals surface area contributed by atoms with Gasteiger partial charge in [0.25, 0.3) is 0 Å². The Balaban J connectivity index is 2.43. The minimum Gasteiger partial charge on any atom is -0.166 e. The van der Waals surface area contributed by atoms with Crippen LogP contribution >= 0.6 is 11.6 Å². The van der Waals surface area contributed by atoms with Crippen molar-refractivity contribution < 1.29 is 13.2 Å². The Morgan fingerprint density at radius 3 is 2.35 bits per heavy atom. The fraction of sp³-hybridized carbons (Fsp3) is 0.0909. The van der Waals surface area contributed by atoms with Gasteiger partial charge in [0, 0.05) is 5.56 Å². The minimum atomic E-state index is -4.37. The zero-order valence-corrected chi connectivity index (χ0v) is 9.13. The molecule has 0 radical (unpaired) electrons. The van der Waals surface area contributed by atoms with Gasteiger partial charge in [-0.05, 0) is 24.3 Å². The van der Waals surface area contributed by atoms with Gasteiger partial charge in [-0.2, -0.15) is 13.2 Å². The second-order valence-corrected chi connectivity index (χ2v) is 3.71. The molecule has 0 unspecified atom stereocenters. The molecule has 0 saturated carbocycles. The maximum absolute atomic E-state index is 12.5. The van der Waals surface area contributed by atoms with E-state index >= 15 is 0 Å². The molecule has 0 amide bonds. The monoisotopic (exact) mass is 258 g/mol. The summed E-state index contributed by atoms with van der Waals surface area (Å²) in [4.78, 5) is 0. The summed E-state index contributed by atoms with van der Waals surface area (Å²) in [6.07, 6.45) is -4.37. The summed E-state index contributed by atoms with van der Waals surface area (Å²) in [5.41, 5.74) is -0.0174. The Morgan fingerprint density at radius 2 is 1.76 bits per heavy atom. The smallest absolute Gasteiger partial charge is 0.166 e. The molecule has 0 N–H and O–H groups in total. The zero-order chi connectivity index (χ0) is 12.5. The molecular formula is C11H6ClF3N2. The van der Waals surface area contributed by atoms with Gasteiger partial charge in [0.1, 0.15) is 0 Å². The highest BCUT2D eigenvalue weighted by atomic mass is 35.5.